The van der Waals surface area contributed by atoms with Gasteiger partial charge in [-0.25, -0.2) is 0 Å². The van der Waals surface area contributed by atoms with Crippen LogP contribution in [0.5, 0.6) is 0 Å². The summed E-state index contributed by atoms with van der Waals surface area (Å²) < 4.78 is 0. The van der Waals surface area contributed by atoms with Crippen LogP contribution in [0.3, 0.4) is 0 Å². The second-order valence-electron chi connectivity index (χ2n) is 12.6. The van der Waals surface area contributed by atoms with Crippen molar-refractivity contribution in [2.24, 2.45) is 21.7 Å². The molecule has 0 aromatic carbocycles. The highest BCUT2D eigenvalue weighted by molar-refractivity contribution is 6.39. The van der Waals surface area contributed by atoms with E-state index in [1.807, 2.05) is 34.6 Å². The fourth-order valence-corrected chi connectivity index (χ4v) is 0. The van der Waals surface area contributed by atoms with Crippen molar-refractivity contribution in [1.82, 2.24) is 0 Å². The molecule has 0 fully saturated rings. The molecule has 1 atom stereocenters. The standard InChI is InChI=1S/C6H12B2.C6H13B.C6H14.C5H12.CH4/c1-5(2,3)6(4,7)8;1-5(7)6(2,3)4;1-5-6(2,3)4;1-5(2,3)4;/h1-4H3;5H,1-4H3;5H2,1-4H3;1-4H3;1H4. The molecule has 0 nitrogen and oxygen atoms in total. The molecule has 0 N–H and O–H groups in total. The van der Waals surface area contributed by atoms with Gasteiger partial charge < -0.3 is 0 Å². The van der Waals surface area contributed by atoms with Crippen LogP contribution >= 0.6 is 0 Å². The van der Waals surface area contributed by atoms with Gasteiger partial charge in [-0.2, -0.15) is 0 Å². The number of rotatable bonds is 0. The summed E-state index contributed by atoms with van der Waals surface area (Å²) in [4.78, 5) is 0. The van der Waals surface area contributed by atoms with Gasteiger partial charge in [-0.3, -0.25) is 0 Å². The Hall–Kier alpha value is 0.195. The van der Waals surface area contributed by atoms with E-state index in [9.17, 15) is 0 Å². The minimum absolute atomic E-state index is 0. The van der Waals surface area contributed by atoms with Crippen molar-refractivity contribution in [3.63, 3.8) is 0 Å². The first-order valence-corrected chi connectivity index (χ1v) is 10.1. The van der Waals surface area contributed by atoms with Gasteiger partial charge in [-0.15, -0.1) is 0 Å². The van der Waals surface area contributed by atoms with Crippen molar-refractivity contribution < 1.29 is 0 Å². The van der Waals surface area contributed by atoms with Crippen LogP contribution in [0, 0.1) is 21.7 Å². The molecule has 0 aliphatic heterocycles. The summed E-state index contributed by atoms with van der Waals surface area (Å²) in [6, 6.07) is 0. The maximum atomic E-state index is 5.59. The monoisotopic (exact) mass is 376 g/mol. The van der Waals surface area contributed by atoms with E-state index in [4.69, 9.17) is 23.5 Å². The van der Waals surface area contributed by atoms with Crippen LogP contribution < -0.4 is 0 Å². The minimum atomic E-state index is -0.562. The molecular formula is C24H55B3. The molecule has 0 amide bonds. The Morgan fingerprint density at radius 2 is 0.778 bits per heavy atom. The van der Waals surface area contributed by atoms with Gasteiger partial charge >= 0.3 is 0 Å². The third-order valence-electron chi connectivity index (χ3n) is 4.04. The fraction of sp³-hybridized carbons (Fsp3) is 1.00. The Kier molecular flexibility index (Phi) is 20.0. The molecule has 0 aromatic rings. The molecule has 0 aromatic heterocycles. The van der Waals surface area contributed by atoms with E-state index in [1.54, 1.807) is 0 Å². The quantitative estimate of drug-likeness (QED) is 0.371. The Labute approximate surface area is 181 Å². The second kappa shape index (κ2) is 14.2. The summed E-state index contributed by atoms with van der Waals surface area (Å²) in [6.45, 7) is 34.0. The van der Waals surface area contributed by atoms with Crippen molar-refractivity contribution >= 4 is 23.5 Å². The van der Waals surface area contributed by atoms with E-state index in [1.165, 1.54) is 6.42 Å². The van der Waals surface area contributed by atoms with E-state index < -0.39 is 5.21 Å². The van der Waals surface area contributed by atoms with Crippen molar-refractivity contribution in [3.8, 4) is 0 Å². The van der Waals surface area contributed by atoms with Crippen molar-refractivity contribution in [3.05, 3.63) is 0 Å². The highest BCUT2D eigenvalue weighted by Gasteiger charge is 2.25. The lowest BCUT2D eigenvalue weighted by Crippen LogP contribution is -2.26. The summed E-state index contributed by atoms with van der Waals surface area (Å²) in [5.41, 5.74) is 1.31. The Morgan fingerprint density at radius 1 is 0.667 bits per heavy atom. The van der Waals surface area contributed by atoms with Gasteiger partial charge in [0.15, 0.2) is 0 Å². The smallest absolute Gasteiger partial charge is 0.0702 e. The van der Waals surface area contributed by atoms with Crippen LogP contribution in [0.2, 0.25) is 11.0 Å². The molecule has 0 rings (SSSR count). The summed E-state index contributed by atoms with van der Waals surface area (Å²) >= 11 is 0. The summed E-state index contributed by atoms with van der Waals surface area (Å²) in [5.74, 6) is 0.299. The van der Waals surface area contributed by atoms with Crippen molar-refractivity contribution in [2.45, 2.75) is 136 Å². The van der Waals surface area contributed by atoms with Crippen LogP contribution in [0.4, 0.5) is 0 Å². The van der Waals surface area contributed by atoms with E-state index >= 15 is 0 Å². The molecule has 0 heterocycles. The van der Waals surface area contributed by atoms with Gasteiger partial charge in [0.05, 0.1) is 23.5 Å². The normalized spacial score (nSPS) is 13.3. The van der Waals surface area contributed by atoms with E-state index in [-0.39, 0.29) is 18.3 Å². The van der Waals surface area contributed by atoms with E-state index in [0.717, 1.165) is 0 Å². The lowest BCUT2D eigenvalue weighted by atomic mass is 9.45. The molecular weight excluding hydrogens is 321 g/mol. The molecule has 0 saturated heterocycles. The lowest BCUT2D eigenvalue weighted by molar-refractivity contribution is 0.363. The zero-order valence-corrected chi connectivity index (χ0v) is 21.5. The third-order valence-corrected chi connectivity index (χ3v) is 4.04. The molecule has 160 valence electrons. The molecule has 0 bridgehead atoms. The fourth-order valence-electron chi connectivity index (χ4n) is 0. The van der Waals surface area contributed by atoms with Crippen LogP contribution in [0.1, 0.15) is 125 Å². The maximum Gasteiger partial charge on any atom is 0.0702 e. The van der Waals surface area contributed by atoms with Crippen molar-refractivity contribution in [1.29, 1.82) is 0 Å². The third kappa shape index (κ3) is 46.3. The Morgan fingerprint density at radius 3 is 0.778 bits per heavy atom. The second-order valence-corrected chi connectivity index (χ2v) is 12.6. The van der Waals surface area contributed by atoms with Gasteiger partial charge in [0.25, 0.3) is 0 Å². The zero-order valence-electron chi connectivity index (χ0n) is 21.5. The van der Waals surface area contributed by atoms with Crippen molar-refractivity contribution in [2.75, 3.05) is 0 Å². The van der Waals surface area contributed by atoms with Crippen LogP contribution in [0.25, 0.3) is 0 Å². The lowest BCUT2D eigenvalue weighted by Gasteiger charge is -2.36. The SMILES string of the molecule is C.CC(C)(C)C.CCC(C)(C)C.[B]C(C)C(C)(C)C.[B]C([B])(C)C(C)(C)C. The van der Waals surface area contributed by atoms with Gasteiger partial charge in [0.2, 0.25) is 0 Å². The highest BCUT2D eigenvalue weighted by Crippen LogP contribution is 2.37. The number of hydrogen-bond acceptors (Lipinski definition) is 0. The molecule has 0 aliphatic rings. The average Bonchev–Trinajstić information content (AvgIpc) is 2.23. The Bertz CT molecular complexity index is 292. The predicted molar refractivity (Wildman–Crippen MR) is 136 cm³/mol. The van der Waals surface area contributed by atoms with Gasteiger partial charge in [-0.1, -0.05) is 136 Å². The van der Waals surface area contributed by atoms with E-state index in [2.05, 4.69) is 76.2 Å². The predicted octanol–water partition coefficient (Wildman–Crippen LogP) is 8.65. The summed E-state index contributed by atoms with van der Waals surface area (Å²) in [7, 11) is 16.8. The minimum Gasteiger partial charge on any atom is -0.0970 e. The first-order chi connectivity index (χ1) is 10.8. The van der Waals surface area contributed by atoms with Crippen LogP contribution in [-0.2, 0) is 0 Å². The van der Waals surface area contributed by atoms with Gasteiger partial charge in [0, 0.05) is 0 Å². The summed E-state index contributed by atoms with van der Waals surface area (Å²) in [6.07, 6.45) is 1.27. The topological polar surface area (TPSA) is 0 Å². The maximum absolute atomic E-state index is 5.59. The molecule has 0 spiro atoms. The first-order valence-electron chi connectivity index (χ1n) is 10.1. The largest absolute Gasteiger partial charge is 0.0970 e. The van der Waals surface area contributed by atoms with E-state index in [0.29, 0.717) is 16.6 Å². The number of hydrogen-bond donors (Lipinski definition) is 0. The highest BCUT2D eigenvalue weighted by atomic mass is 14.2. The van der Waals surface area contributed by atoms with Gasteiger partial charge in [-0.05, 0) is 21.7 Å². The molecule has 3 heteroatoms. The molecule has 27 heavy (non-hydrogen) atoms. The molecule has 0 saturated carbocycles. The Balaban J connectivity index is -0.0000000798. The van der Waals surface area contributed by atoms with Gasteiger partial charge in [0.1, 0.15) is 0 Å². The molecule has 0 aliphatic carbocycles. The van der Waals surface area contributed by atoms with Crippen LogP contribution in [-0.4, -0.2) is 23.5 Å². The molecule has 6 radical (unpaired) electrons. The zero-order chi connectivity index (χ0) is 22.8. The first kappa shape index (κ1) is 37.9. The van der Waals surface area contributed by atoms with Crippen LogP contribution in [0.15, 0.2) is 0 Å². The molecule has 1 unspecified atom stereocenters. The average molecular weight is 376 g/mol. The summed E-state index contributed by atoms with van der Waals surface area (Å²) in [5, 5.41) is -0.562.